The Balaban J connectivity index is 1.33. The average Bonchev–Trinajstić information content (AvgIpc) is 3.36. The van der Waals surface area contributed by atoms with Crippen molar-refractivity contribution in [3.63, 3.8) is 0 Å². The van der Waals surface area contributed by atoms with Crippen LogP contribution in [0.25, 0.3) is 0 Å². The van der Waals surface area contributed by atoms with Gasteiger partial charge in [0.2, 0.25) is 5.01 Å². The van der Waals surface area contributed by atoms with Gasteiger partial charge in [-0.25, -0.2) is 0 Å². The number of para-hydroxylation sites is 1. The van der Waals surface area contributed by atoms with Crippen LogP contribution in [0.3, 0.4) is 0 Å². The molecule has 4 rings (SSSR count). The molecule has 9 heteroatoms. The molecule has 0 radical (unpaired) electrons. The molecule has 35 heavy (non-hydrogen) atoms. The number of carbonyl (C=O) groups excluding carboxylic acids is 2. The third-order valence-corrected chi connectivity index (χ3v) is 5.95. The van der Waals surface area contributed by atoms with Gasteiger partial charge in [-0.1, -0.05) is 53.3 Å². The topological polar surface area (TPSA) is 102 Å². The van der Waals surface area contributed by atoms with Crippen LogP contribution in [0.1, 0.15) is 36.3 Å². The summed E-state index contributed by atoms with van der Waals surface area (Å²) in [6, 6.07) is 21.9. The Hall–Kier alpha value is -4.24. The van der Waals surface area contributed by atoms with Crippen molar-refractivity contribution in [2.75, 3.05) is 12.4 Å². The van der Waals surface area contributed by atoms with Gasteiger partial charge < -0.3 is 20.1 Å². The Labute approximate surface area is 206 Å². The minimum absolute atomic E-state index is 0.207. The van der Waals surface area contributed by atoms with Crippen LogP contribution in [0.4, 0.5) is 5.69 Å². The molecule has 3 aromatic carbocycles. The van der Waals surface area contributed by atoms with Gasteiger partial charge in [-0.05, 0) is 43.3 Å². The number of rotatable bonds is 9. The van der Waals surface area contributed by atoms with E-state index < -0.39 is 5.91 Å². The van der Waals surface area contributed by atoms with Gasteiger partial charge in [-0.15, -0.1) is 10.2 Å². The second-order valence-corrected chi connectivity index (χ2v) is 8.69. The second-order valence-electron chi connectivity index (χ2n) is 7.63. The normalized spacial score (nSPS) is 10.5. The van der Waals surface area contributed by atoms with Gasteiger partial charge in [-0.3, -0.25) is 9.59 Å². The number of aromatic nitrogens is 2. The Morgan fingerprint density at radius 1 is 0.943 bits per heavy atom. The predicted octanol–water partition coefficient (Wildman–Crippen LogP) is 4.62. The van der Waals surface area contributed by atoms with E-state index in [0.717, 1.165) is 28.2 Å². The minimum Gasteiger partial charge on any atom is -0.496 e. The Morgan fingerprint density at radius 2 is 1.74 bits per heavy atom. The van der Waals surface area contributed by atoms with Crippen molar-refractivity contribution in [3.8, 4) is 11.5 Å². The number of anilines is 1. The molecule has 0 fully saturated rings. The highest BCUT2D eigenvalue weighted by Gasteiger charge is 2.15. The maximum Gasteiger partial charge on any atom is 0.286 e. The Bertz CT molecular complexity index is 1320. The van der Waals surface area contributed by atoms with E-state index in [1.807, 2.05) is 55.5 Å². The van der Waals surface area contributed by atoms with Crippen LogP contribution >= 0.6 is 11.3 Å². The Morgan fingerprint density at radius 3 is 2.54 bits per heavy atom. The second kappa shape index (κ2) is 11.3. The highest BCUT2D eigenvalue weighted by molar-refractivity contribution is 7.13. The van der Waals surface area contributed by atoms with Crippen molar-refractivity contribution >= 4 is 28.8 Å². The highest BCUT2D eigenvalue weighted by atomic mass is 32.1. The van der Waals surface area contributed by atoms with Crippen LogP contribution < -0.4 is 20.1 Å². The highest BCUT2D eigenvalue weighted by Crippen LogP contribution is 2.19. The zero-order chi connectivity index (χ0) is 24.6. The van der Waals surface area contributed by atoms with E-state index in [0.29, 0.717) is 28.6 Å². The van der Waals surface area contributed by atoms with Crippen molar-refractivity contribution < 1.29 is 19.1 Å². The molecule has 0 unspecified atom stereocenters. The lowest BCUT2D eigenvalue weighted by molar-refractivity contribution is 0.0949. The molecule has 8 nitrogen and oxygen atoms in total. The maximum absolute atomic E-state index is 12.6. The van der Waals surface area contributed by atoms with E-state index >= 15 is 0 Å². The molecule has 0 aliphatic rings. The first kappa shape index (κ1) is 23.9. The summed E-state index contributed by atoms with van der Waals surface area (Å²) in [5, 5.41) is 14.4. The number of carbonyl (C=O) groups is 2. The van der Waals surface area contributed by atoms with Crippen LogP contribution in [-0.2, 0) is 13.2 Å². The van der Waals surface area contributed by atoms with E-state index in [1.165, 1.54) is 0 Å². The van der Waals surface area contributed by atoms with E-state index in [2.05, 4.69) is 20.8 Å². The SMILES string of the molecule is COc1ccccc1CNC(=O)c1cccc(NC(=O)c2nnc(COc3ccc(C)cc3)s2)c1. The number of hydrogen-bond acceptors (Lipinski definition) is 7. The summed E-state index contributed by atoms with van der Waals surface area (Å²) in [6.07, 6.45) is 0. The first-order valence-corrected chi connectivity index (χ1v) is 11.7. The van der Waals surface area contributed by atoms with E-state index in [-0.39, 0.29) is 17.5 Å². The van der Waals surface area contributed by atoms with Crippen LogP contribution in [0.15, 0.2) is 72.8 Å². The summed E-state index contributed by atoms with van der Waals surface area (Å²) in [5.41, 5.74) is 2.91. The van der Waals surface area contributed by atoms with Gasteiger partial charge in [0.25, 0.3) is 11.8 Å². The zero-order valence-corrected chi connectivity index (χ0v) is 20.1. The van der Waals surface area contributed by atoms with Crippen LogP contribution in [-0.4, -0.2) is 29.1 Å². The van der Waals surface area contributed by atoms with E-state index in [1.54, 1.807) is 31.4 Å². The number of nitrogens with one attached hydrogen (secondary N) is 2. The standard InChI is InChI=1S/C26H24N4O4S/c1-17-10-12-21(13-11-17)34-16-23-29-30-26(35-23)25(32)28-20-8-5-7-18(14-20)24(31)27-15-19-6-3-4-9-22(19)33-2/h3-14H,15-16H2,1-2H3,(H,27,31)(H,28,32). The minimum atomic E-state index is -0.407. The fourth-order valence-corrected chi connectivity index (χ4v) is 3.88. The van der Waals surface area contributed by atoms with E-state index in [4.69, 9.17) is 9.47 Å². The summed E-state index contributed by atoms with van der Waals surface area (Å²) in [5.74, 6) is 0.751. The molecule has 1 heterocycles. The van der Waals surface area contributed by atoms with Gasteiger partial charge in [0.05, 0.1) is 7.11 Å². The zero-order valence-electron chi connectivity index (χ0n) is 19.3. The summed E-state index contributed by atoms with van der Waals surface area (Å²) in [7, 11) is 1.59. The summed E-state index contributed by atoms with van der Waals surface area (Å²) in [6.45, 7) is 2.54. The fourth-order valence-electron chi connectivity index (χ4n) is 3.23. The fraction of sp³-hybridized carbons (Fsp3) is 0.154. The maximum atomic E-state index is 12.6. The molecule has 4 aromatic rings. The molecule has 2 N–H and O–H groups in total. The molecule has 0 bridgehead atoms. The summed E-state index contributed by atoms with van der Waals surface area (Å²) < 4.78 is 11.0. The first-order valence-electron chi connectivity index (χ1n) is 10.8. The average molecular weight is 489 g/mol. The quantitative estimate of drug-likeness (QED) is 0.357. The number of ether oxygens (including phenoxy) is 2. The number of amides is 2. The lowest BCUT2D eigenvalue weighted by atomic mass is 10.1. The van der Waals surface area contributed by atoms with Crippen molar-refractivity contribution in [2.45, 2.75) is 20.1 Å². The molecule has 0 aliphatic heterocycles. The van der Waals surface area contributed by atoms with E-state index in [9.17, 15) is 9.59 Å². The molecular formula is C26H24N4O4S. The van der Waals surface area contributed by atoms with Gasteiger partial charge in [0.15, 0.2) is 5.01 Å². The summed E-state index contributed by atoms with van der Waals surface area (Å²) >= 11 is 1.15. The lowest BCUT2D eigenvalue weighted by Crippen LogP contribution is -2.23. The largest absolute Gasteiger partial charge is 0.496 e. The first-order chi connectivity index (χ1) is 17.0. The molecule has 0 saturated heterocycles. The number of methoxy groups -OCH3 is 1. The van der Waals surface area contributed by atoms with Crippen molar-refractivity contribution in [2.24, 2.45) is 0 Å². The van der Waals surface area contributed by atoms with Crippen molar-refractivity contribution in [1.29, 1.82) is 0 Å². The monoisotopic (exact) mass is 488 g/mol. The van der Waals surface area contributed by atoms with Gasteiger partial charge >= 0.3 is 0 Å². The van der Waals surface area contributed by atoms with Crippen LogP contribution in [0.5, 0.6) is 11.5 Å². The van der Waals surface area contributed by atoms with Crippen molar-refractivity contribution in [3.05, 3.63) is 99.5 Å². The summed E-state index contributed by atoms with van der Waals surface area (Å²) in [4.78, 5) is 25.3. The van der Waals surface area contributed by atoms with Gasteiger partial charge in [-0.2, -0.15) is 0 Å². The Kier molecular flexibility index (Phi) is 7.69. The molecule has 0 aliphatic carbocycles. The molecule has 0 atom stereocenters. The number of hydrogen-bond donors (Lipinski definition) is 2. The number of benzene rings is 3. The van der Waals surface area contributed by atoms with Gasteiger partial charge in [0, 0.05) is 23.4 Å². The molecule has 0 saturated carbocycles. The molecule has 178 valence electrons. The molecular weight excluding hydrogens is 464 g/mol. The third kappa shape index (κ3) is 6.42. The molecule has 0 spiro atoms. The lowest BCUT2D eigenvalue weighted by Gasteiger charge is -2.10. The number of aryl methyl sites for hydroxylation is 1. The van der Waals surface area contributed by atoms with Gasteiger partial charge in [0.1, 0.15) is 18.1 Å². The molecule has 2 amide bonds. The third-order valence-electron chi connectivity index (χ3n) is 5.06. The number of nitrogens with zero attached hydrogens (tertiary/aromatic N) is 2. The molecule has 1 aromatic heterocycles. The smallest absolute Gasteiger partial charge is 0.286 e. The van der Waals surface area contributed by atoms with Crippen LogP contribution in [0.2, 0.25) is 0 Å². The van der Waals surface area contributed by atoms with Crippen LogP contribution in [0, 0.1) is 6.92 Å². The predicted molar refractivity (Wildman–Crippen MR) is 134 cm³/mol. The van der Waals surface area contributed by atoms with Crippen molar-refractivity contribution in [1.82, 2.24) is 15.5 Å².